The molecule has 1 heterocycles. The summed E-state index contributed by atoms with van der Waals surface area (Å²) in [5.74, 6) is 0.528. The van der Waals surface area contributed by atoms with Crippen molar-refractivity contribution >= 4 is 6.29 Å². The van der Waals surface area contributed by atoms with Crippen molar-refractivity contribution in [3.63, 3.8) is 0 Å². The van der Waals surface area contributed by atoms with E-state index in [4.69, 9.17) is 4.42 Å². The van der Waals surface area contributed by atoms with Gasteiger partial charge in [-0.2, -0.15) is 0 Å². The molecule has 0 bridgehead atoms. The van der Waals surface area contributed by atoms with Crippen molar-refractivity contribution in [1.29, 1.82) is 0 Å². The maximum absolute atomic E-state index is 10.3. The van der Waals surface area contributed by atoms with E-state index in [1.54, 1.807) is 6.20 Å². The van der Waals surface area contributed by atoms with Gasteiger partial charge in [0, 0.05) is 0 Å². The van der Waals surface area contributed by atoms with Gasteiger partial charge in [-0.1, -0.05) is 6.92 Å². The van der Waals surface area contributed by atoms with Crippen LogP contribution >= 0.6 is 0 Å². The minimum Gasteiger partial charge on any atom is -0.448 e. The lowest BCUT2D eigenvalue weighted by atomic mass is 10.1. The second-order valence-corrected chi connectivity index (χ2v) is 2.05. The van der Waals surface area contributed by atoms with E-state index in [9.17, 15) is 4.79 Å². The first-order chi connectivity index (χ1) is 4.88. The average molecular weight is 139 g/mol. The van der Waals surface area contributed by atoms with Crippen molar-refractivity contribution in [1.82, 2.24) is 4.98 Å². The summed E-state index contributed by atoms with van der Waals surface area (Å²) >= 11 is 0. The fourth-order valence-corrected chi connectivity index (χ4v) is 0.773. The van der Waals surface area contributed by atoms with Gasteiger partial charge < -0.3 is 9.21 Å². The monoisotopic (exact) mass is 139 g/mol. The Morgan fingerprint density at radius 2 is 2.70 bits per heavy atom. The van der Waals surface area contributed by atoms with Crippen molar-refractivity contribution in [2.24, 2.45) is 0 Å². The Hall–Kier alpha value is -1.12. The number of hydrogen-bond acceptors (Lipinski definition) is 3. The molecule has 0 aliphatic rings. The third-order valence-corrected chi connectivity index (χ3v) is 1.42. The third-order valence-electron chi connectivity index (χ3n) is 1.42. The van der Waals surface area contributed by atoms with Crippen LogP contribution in [0.2, 0.25) is 0 Å². The molecule has 0 saturated carbocycles. The topological polar surface area (TPSA) is 43.1 Å². The molecule has 0 radical (unpaired) electrons. The fourth-order valence-electron chi connectivity index (χ4n) is 0.773. The molecule has 0 N–H and O–H groups in total. The van der Waals surface area contributed by atoms with Crippen LogP contribution in [0.1, 0.15) is 25.0 Å². The molecule has 3 heteroatoms. The van der Waals surface area contributed by atoms with Gasteiger partial charge in [0.2, 0.25) is 0 Å². The van der Waals surface area contributed by atoms with Crippen LogP contribution in [0.3, 0.4) is 0 Å². The van der Waals surface area contributed by atoms with Gasteiger partial charge in [-0.05, 0) is 6.42 Å². The molecule has 54 valence electrons. The molecule has 1 aromatic rings. The number of oxazole rings is 1. The van der Waals surface area contributed by atoms with Crippen LogP contribution < -0.4 is 0 Å². The number of nitrogens with zero attached hydrogens (tertiary/aromatic N) is 1. The molecule has 1 rings (SSSR count). The molecule has 0 spiro atoms. The van der Waals surface area contributed by atoms with Gasteiger partial charge in [-0.15, -0.1) is 0 Å². The molecule has 0 aliphatic heterocycles. The zero-order valence-electron chi connectivity index (χ0n) is 5.78. The summed E-state index contributed by atoms with van der Waals surface area (Å²) in [6, 6.07) is 0. The predicted molar refractivity (Wildman–Crippen MR) is 35.6 cm³/mol. The zero-order valence-corrected chi connectivity index (χ0v) is 5.78. The van der Waals surface area contributed by atoms with Crippen LogP contribution in [0.4, 0.5) is 0 Å². The molecule has 10 heavy (non-hydrogen) atoms. The molecule has 1 atom stereocenters. The van der Waals surface area contributed by atoms with Crippen molar-refractivity contribution in [2.75, 3.05) is 0 Å². The largest absolute Gasteiger partial charge is 0.448 e. The van der Waals surface area contributed by atoms with Gasteiger partial charge >= 0.3 is 0 Å². The Kier molecular flexibility index (Phi) is 2.20. The molecule has 1 unspecified atom stereocenters. The highest BCUT2D eigenvalue weighted by Gasteiger charge is 2.09. The molecule has 1 aromatic heterocycles. The molecular weight excluding hydrogens is 130 g/mol. The standard InChI is InChI=1S/C7H9NO2/c1-2-6(4-9)7-3-8-5-10-7/h3-6H,2H2,1H3. The van der Waals surface area contributed by atoms with Crippen molar-refractivity contribution in [3.8, 4) is 0 Å². The predicted octanol–water partition coefficient (Wildman–Crippen LogP) is 1.37. The van der Waals surface area contributed by atoms with Gasteiger partial charge in [-0.3, -0.25) is 0 Å². The Morgan fingerprint density at radius 3 is 3.10 bits per heavy atom. The highest BCUT2D eigenvalue weighted by molar-refractivity contribution is 5.59. The summed E-state index contributed by atoms with van der Waals surface area (Å²) in [5.41, 5.74) is 0. The molecule has 0 saturated heterocycles. The third kappa shape index (κ3) is 1.23. The number of rotatable bonds is 3. The van der Waals surface area contributed by atoms with E-state index in [-0.39, 0.29) is 5.92 Å². The molecule has 0 amide bonds. The van der Waals surface area contributed by atoms with Gasteiger partial charge in [0.05, 0.1) is 12.1 Å². The second-order valence-electron chi connectivity index (χ2n) is 2.05. The lowest BCUT2D eigenvalue weighted by Crippen LogP contribution is -1.95. The van der Waals surface area contributed by atoms with Crippen molar-refractivity contribution in [2.45, 2.75) is 19.3 Å². The lowest BCUT2D eigenvalue weighted by Gasteiger charge is -1.98. The van der Waals surface area contributed by atoms with Gasteiger partial charge in [0.25, 0.3) is 0 Å². The van der Waals surface area contributed by atoms with Gasteiger partial charge in [0.1, 0.15) is 12.0 Å². The summed E-state index contributed by atoms with van der Waals surface area (Å²) in [6.45, 7) is 1.93. The van der Waals surface area contributed by atoms with E-state index in [0.29, 0.717) is 5.76 Å². The van der Waals surface area contributed by atoms with Crippen molar-refractivity contribution < 1.29 is 9.21 Å². The quantitative estimate of drug-likeness (QED) is 0.594. The lowest BCUT2D eigenvalue weighted by molar-refractivity contribution is -0.109. The number of carbonyl (C=O) groups excluding carboxylic acids is 1. The Bertz CT molecular complexity index is 193. The smallest absolute Gasteiger partial charge is 0.180 e. The maximum Gasteiger partial charge on any atom is 0.180 e. The van der Waals surface area contributed by atoms with Gasteiger partial charge in [-0.25, -0.2) is 4.98 Å². The summed E-state index contributed by atoms with van der Waals surface area (Å²) in [7, 11) is 0. The van der Waals surface area contributed by atoms with E-state index < -0.39 is 0 Å². The number of aromatic nitrogens is 1. The minimum atomic E-state index is -0.123. The van der Waals surface area contributed by atoms with E-state index >= 15 is 0 Å². The SMILES string of the molecule is CCC(C=O)c1cnco1. The highest BCUT2D eigenvalue weighted by Crippen LogP contribution is 2.14. The van der Waals surface area contributed by atoms with Crippen LogP contribution in [-0.2, 0) is 4.79 Å². The number of hydrogen-bond donors (Lipinski definition) is 0. The molecule has 0 fully saturated rings. The van der Waals surface area contributed by atoms with E-state index in [2.05, 4.69) is 4.98 Å². The Labute approximate surface area is 59.1 Å². The highest BCUT2D eigenvalue weighted by atomic mass is 16.3. The second kappa shape index (κ2) is 3.15. The summed E-state index contributed by atoms with van der Waals surface area (Å²) in [5, 5.41) is 0. The molecule has 0 aromatic carbocycles. The van der Waals surface area contributed by atoms with Crippen LogP contribution in [-0.4, -0.2) is 11.3 Å². The normalized spacial score (nSPS) is 12.9. The first kappa shape index (κ1) is 6.99. The van der Waals surface area contributed by atoms with E-state index in [1.807, 2.05) is 6.92 Å². The molecule has 3 nitrogen and oxygen atoms in total. The number of carbonyl (C=O) groups is 1. The van der Waals surface area contributed by atoms with Crippen LogP contribution in [0, 0.1) is 0 Å². The van der Waals surface area contributed by atoms with Crippen LogP contribution in [0.5, 0.6) is 0 Å². The molecule has 0 aliphatic carbocycles. The summed E-state index contributed by atoms with van der Waals surface area (Å²) in [4.78, 5) is 14.1. The minimum absolute atomic E-state index is 0.123. The first-order valence-electron chi connectivity index (χ1n) is 3.22. The molecular formula is C7H9NO2. The Morgan fingerprint density at radius 1 is 1.90 bits per heavy atom. The maximum atomic E-state index is 10.3. The number of aldehydes is 1. The van der Waals surface area contributed by atoms with Crippen molar-refractivity contribution in [3.05, 3.63) is 18.4 Å². The Balaban J connectivity index is 2.73. The summed E-state index contributed by atoms with van der Waals surface area (Å²) in [6.07, 6.45) is 4.54. The van der Waals surface area contributed by atoms with Crippen LogP contribution in [0.25, 0.3) is 0 Å². The van der Waals surface area contributed by atoms with E-state index in [0.717, 1.165) is 12.7 Å². The first-order valence-corrected chi connectivity index (χ1v) is 3.22. The summed E-state index contributed by atoms with van der Waals surface area (Å²) < 4.78 is 4.94. The van der Waals surface area contributed by atoms with Crippen LogP contribution in [0.15, 0.2) is 17.0 Å². The zero-order chi connectivity index (χ0) is 7.40. The average Bonchev–Trinajstić information content (AvgIpc) is 2.43. The van der Waals surface area contributed by atoms with Gasteiger partial charge in [0.15, 0.2) is 6.39 Å². The fraction of sp³-hybridized carbons (Fsp3) is 0.429. The van der Waals surface area contributed by atoms with E-state index in [1.165, 1.54) is 6.39 Å².